The minimum atomic E-state index is -0.645. The average molecular weight is 334 g/mol. The Hall–Kier alpha value is -0.200. The molecule has 0 rings (SSSR count). The van der Waals surface area contributed by atoms with Gasteiger partial charge in [-0.05, 0) is 6.42 Å². The minimum Gasteiger partial charge on any atom is -0.394 e. The van der Waals surface area contributed by atoms with Crippen LogP contribution in [0.5, 0.6) is 0 Å². The van der Waals surface area contributed by atoms with Crippen molar-refractivity contribution >= 4 is 0 Å². The molecule has 3 N–H and O–H groups in total. The Morgan fingerprint density at radius 1 is 0.652 bits per heavy atom. The maximum atomic E-state index is 9.17. The molecule has 0 aliphatic heterocycles. The van der Waals surface area contributed by atoms with Crippen LogP contribution in [0, 0.1) is 0 Å². The van der Waals surface area contributed by atoms with Crippen molar-refractivity contribution in [3.05, 3.63) is 0 Å². The van der Waals surface area contributed by atoms with E-state index in [1.165, 1.54) is 57.8 Å². The molecule has 0 saturated heterocycles. The van der Waals surface area contributed by atoms with E-state index in [0.717, 1.165) is 6.42 Å². The van der Waals surface area contributed by atoms with Crippen molar-refractivity contribution in [1.29, 1.82) is 0 Å². The summed E-state index contributed by atoms with van der Waals surface area (Å²) in [6.07, 6.45) is 11.8. The van der Waals surface area contributed by atoms with Gasteiger partial charge in [0.1, 0.15) is 12.2 Å². The Labute approximate surface area is 142 Å². The molecule has 5 heteroatoms. The molecule has 0 saturated carbocycles. The zero-order chi connectivity index (χ0) is 17.2. The van der Waals surface area contributed by atoms with Crippen molar-refractivity contribution in [2.24, 2.45) is 0 Å². The van der Waals surface area contributed by atoms with E-state index in [9.17, 15) is 5.11 Å². The van der Waals surface area contributed by atoms with Crippen molar-refractivity contribution in [2.75, 3.05) is 33.0 Å². The summed E-state index contributed by atoms with van der Waals surface area (Å²) in [4.78, 5) is 0. The highest BCUT2D eigenvalue weighted by Crippen LogP contribution is 2.10. The molecule has 0 radical (unpaired) electrons. The largest absolute Gasteiger partial charge is 0.394 e. The Bertz CT molecular complexity index is 221. The molecule has 0 aromatic heterocycles. The lowest BCUT2D eigenvalue weighted by molar-refractivity contribution is -0.106. The van der Waals surface area contributed by atoms with Crippen LogP contribution in [-0.4, -0.2) is 60.6 Å². The summed E-state index contributed by atoms with van der Waals surface area (Å²) in [5.74, 6) is 0. The van der Waals surface area contributed by atoms with Crippen molar-refractivity contribution in [3.63, 3.8) is 0 Å². The van der Waals surface area contributed by atoms with E-state index in [4.69, 9.17) is 19.7 Å². The quantitative estimate of drug-likeness (QED) is 0.336. The number of aliphatic hydroxyl groups is 3. The highest BCUT2D eigenvalue weighted by Gasteiger charge is 2.14. The number of unbranched alkanes of at least 4 members (excludes halogenated alkanes) is 9. The molecular formula is C18H38O5. The molecular weight excluding hydrogens is 296 g/mol. The summed E-state index contributed by atoms with van der Waals surface area (Å²) in [7, 11) is 0. The Morgan fingerprint density at radius 3 is 1.61 bits per heavy atom. The van der Waals surface area contributed by atoms with Gasteiger partial charge in [0.15, 0.2) is 0 Å². The fraction of sp³-hybridized carbons (Fsp3) is 1.00. The second-order valence-electron chi connectivity index (χ2n) is 6.18. The molecule has 1 unspecified atom stereocenters. The van der Waals surface area contributed by atoms with Gasteiger partial charge in [0.25, 0.3) is 0 Å². The number of ether oxygens (including phenoxy) is 2. The summed E-state index contributed by atoms with van der Waals surface area (Å²) in [5, 5.41) is 27.0. The number of hydrogen-bond donors (Lipinski definition) is 3. The molecule has 0 aliphatic rings. The molecule has 5 nitrogen and oxygen atoms in total. The number of hydrogen-bond acceptors (Lipinski definition) is 5. The van der Waals surface area contributed by atoms with Gasteiger partial charge in [-0.3, -0.25) is 0 Å². The monoisotopic (exact) mass is 334 g/mol. The third-order valence-corrected chi connectivity index (χ3v) is 3.94. The fourth-order valence-corrected chi connectivity index (χ4v) is 2.46. The molecule has 0 aliphatic carbocycles. The van der Waals surface area contributed by atoms with Gasteiger partial charge in [-0.25, -0.2) is 0 Å². The van der Waals surface area contributed by atoms with E-state index < -0.39 is 12.2 Å². The standard InChI is InChI=1S/C18H38O5/c1-2-3-4-5-6-7-8-9-10-11-12-22-16-18(15-21)23-17(13-19)14-20/h17-21H,2-16H2,1H3. The van der Waals surface area contributed by atoms with Crippen molar-refractivity contribution < 1.29 is 24.8 Å². The Balaban J connectivity index is 3.33. The van der Waals surface area contributed by atoms with Crippen LogP contribution in [0.2, 0.25) is 0 Å². The van der Waals surface area contributed by atoms with Crippen molar-refractivity contribution in [1.82, 2.24) is 0 Å². The third-order valence-electron chi connectivity index (χ3n) is 3.94. The summed E-state index contributed by atoms with van der Waals surface area (Å²) in [5.41, 5.74) is 0. The van der Waals surface area contributed by atoms with Crippen LogP contribution >= 0.6 is 0 Å². The van der Waals surface area contributed by atoms with Crippen molar-refractivity contribution in [3.8, 4) is 0 Å². The molecule has 0 heterocycles. The number of rotatable bonds is 18. The lowest BCUT2D eigenvalue weighted by Crippen LogP contribution is -2.33. The molecule has 0 spiro atoms. The van der Waals surface area contributed by atoms with Gasteiger partial charge in [-0.2, -0.15) is 0 Å². The van der Waals surface area contributed by atoms with Crippen LogP contribution in [0.3, 0.4) is 0 Å². The van der Waals surface area contributed by atoms with Gasteiger partial charge in [0.2, 0.25) is 0 Å². The SMILES string of the molecule is CCCCCCCCCCCCOCC(CO)OC(CO)CO. The van der Waals surface area contributed by atoms with E-state index in [0.29, 0.717) is 13.2 Å². The van der Waals surface area contributed by atoms with Crippen LogP contribution in [0.15, 0.2) is 0 Å². The maximum absolute atomic E-state index is 9.17. The first-order valence-electron chi connectivity index (χ1n) is 9.34. The zero-order valence-corrected chi connectivity index (χ0v) is 14.9. The fourth-order valence-electron chi connectivity index (χ4n) is 2.46. The second-order valence-corrected chi connectivity index (χ2v) is 6.18. The minimum absolute atomic E-state index is 0.172. The first-order valence-corrected chi connectivity index (χ1v) is 9.34. The molecule has 0 fully saturated rings. The second kappa shape index (κ2) is 18.1. The zero-order valence-electron chi connectivity index (χ0n) is 14.9. The molecule has 0 amide bonds. The van der Waals surface area contributed by atoms with Gasteiger partial charge < -0.3 is 24.8 Å². The lowest BCUT2D eigenvalue weighted by Gasteiger charge is -2.20. The predicted molar refractivity (Wildman–Crippen MR) is 92.6 cm³/mol. The van der Waals surface area contributed by atoms with E-state index in [1.54, 1.807) is 0 Å². The van der Waals surface area contributed by atoms with Gasteiger partial charge >= 0.3 is 0 Å². The normalized spacial score (nSPS) is 12.9. The van der Waals surface area contributed by atoms with E-state index in [-0.39, 0.29) is 19.8 Å². The van der Waals surface area contributed by atoms with Crippen LogP contribution in [0.4, 0.5) is 0 Å². The van der Waals surface area contributed by atoms with E-state index >= 15 is 0 Å². The number of aliphatic hydroxyl groups excluding tert-OH is 3. The Kier molecular flexibility index (Phi) is 18.0. The molecule has 0 aromatic carbocycles. The van der Waals surface area contributed by atoms with Crippen molar-refractivity contribution in [2.45, 2.75) is 83.3 Å². The van der Waals surface area contributed by atoms with Crippen LogP contribution in [-0.2, 0) is 9.47 Å². The molecule has 140 valence electrons. The lowest BCUT2D eigenvalue weighted by atomic mass is 10.1. The van der Waals surface area contributed by atoms with Crippen LogP contribution < -0.4 is 0 Å². The molecule has 1 atom stereocenters. The Morgan fingerprint density at radius 2 is 1.13 bits per heavy atom. The summed E-state index contributed by atoms with van der Waals surface area (Å²) in [6.45, 7) is 2.52. The first-order chi connectivity index (χ1) is 11.3. The van der Waals surface area contributed by atoms with Gasteiger partial charge in [0.05, 0.1) is 26.4 Å². The molecule has 0 aromatic rings. The van der Waals surface area contributed by atoms with Gasteiger partial charge in [-0.15, -0.1) is 0 Å². The summed E-state index contributed by atoms with van der Waals surface area (Å²) < 4.78 is 10.8. The summed E-state index contributed by atoms with van der Waals surface area (Å²) >= 11 is 0. The predicted octanol–water partition coefficient (Wildman–Crippen LogP) is 2.65. The first kappa shape index (κ1) is 22.8. The molecule has 0 bridgehead atoms. The topological polar surface area (TPSA) is 79.2 Å². The highest BCUT2D eigenvalue weighted by atomic mass is 16.6. The van der Waals surface area contributed by atoms with Crippen LogP contribution in [0.25, 0.3) is 0 Å². The maximum Gasteiger partial charge on any atom is 0.104 e. The average Bonchev–Trinajstić information content (AvgIpc) is 2.58. The van der Waals surface area contributed by atoms with Gasteiger partial charge in [-0.1, -0.05) is 64.7 Å². The van der Waals surface area contributed by atoms with E-state index in [2.05, 4.69) is 6.92 Å². The van der Waals surface area contributed by atoms with Gasteiger partial charge in [0, 0.05) is 6.61 Å². The third kappa shape index (κ3) is 15.1. The van der Waals surface area contributed by atoms with Crippen LogP contribution in [0.1, 0.15) is 71.1 Å². The highest BCUT2D eigenvalue weighted by molar-refractivity contribution is 4.60. The van der Waals surface area contributed by atoms with E-state index in [1.807, 2.05) is 0 Å². The smallest absolute Gasteiger partial charge is 0.104 e. The molecule has 23 heavy (non-hydrogen) atoms. The summed E-state index contributed by atoms with van der Waals surface area (Å²) in [6, 6.07) is 0.